The van der Waals surface area contributed by atoms with E-state index >= 15 is 0 Å². The van der Waals surface area contributed by atoms with Gasteiger partial charge in [0.25, 0.3) is 0 Å². The lowest BCUT2D eigenvalue weighted by Crippen LogP contribution is -2.03. The Labute approximate surface area is 113 Å². The first kappa shape index (κ1) is 12.8. The highest BCUT2D eigenvalue weighted by atomic mass is 79.9. The van der Waals surface area contributed by atoms with Crippen molar-refractivity contribution in [1.29, 1.82) is 0 Å². The van der Waals surface area contributed by atoms with Gasteiger partial charge in [0.1, 0.15) is 5.82 Å². The van der Waals surface area contributed by atoms with Gasteiger partial charge in [0.05, 0.1) is 12.7 Å². The minimum atomic E-state index is -0.443. The van der Waals surface area contributed by atoms with Crippen molar-refractivity contribution in [1.82, 2.24) is 0 Å². The summed E-state index contributed by atoms with van der Waals surface area (Å²) in [6.07, 6.45) is 0. The SMILES string of the molecule is COC(=O)c1ccc(Br)cc1-c1cccc(F)c1. The van der Waals surface area contributed by atoms with E-state index in [0.717, 1.165) is 4.47 Å². The number of benzene rings is 2. The van der Waals surface area contributed by atoms with Crippen molar-refractivity contribution in [3.05, 3.63) is 58.3 Å². The number of esters is 1. The van der Waals surface area contributed by atoms with E-state index in [2.05, 4.69) is 15.9 Å². The third-order valence-corrected chi connectivity index (χ3v) is 3.02. The molecule has 0 saturated carbocycles. The molecule has 2 aromatic carbocycles. The number of rotatable bonds is 2. The molecule has 0 aromatic heterocycles. The zero-order valence-corrected chi connectivity index (χ0v) is 11.2. The predicted octanol–water partition coefficient (Wildman–Crippen LogP) is 4.04. The lowest BCUT2D eigenvalue weighted by Gasteiger charge is -2.09. The van der Waals surface area contributed by atoms with Gasteiger partial charge in [0.2, 0.25) is 0 Å². The third-order valence-electron chi connectivity index (χ3n) is 2.52. The molecule has 0 fully saturated rings. The average molecular weight is 309 g/mol. The second kappa shape index (κ2) is 5.31. The van der Waals surface area contributed by atoms with Crippen LogP contribution in [0, 0.1) is 5.82 Å². The normalized spacial score (nSPS) is 10.2. The first-order valence-corrected chi connectivity index (χ1v) is 6.05. The largest absolute Gasteiger partial charge is 0.465 e. The Morgan fingerprint density at radius 2 is 2.00 bits per heavy atom. The minimum Gasteiger partial charge on any atom is -0.465 e. The third kappa shape index (κ3) is 2.59. The molecule has 0 aliphatic carbocycles. The number of carbonyl (C=O) groups excluding carboxylic acids is 1. The maximum atomic E-state index is 13.2. The highest BCUT2D eigenvalue weighted by Crippen LogP contribution is 2.28. The number of carbonyl (C=O) groups is 1. The van der Waals surface area contributed by atoms with Crippen LogP contribution in [-0.2, 0) is 4.74 Å². The van der Waals surface area contributed by atoms with Crippen LogP contribution < -0.4 is 0 Å². The number of hydrogen-bond donors (Lipinski definition) is 0. The van der Waals surface area contributed by atoms with Crippen molar-refractivity contribution in [2.45, 2.75) is 0 Å². The summed E-state index contributed by atoms with van der Waals surface area (Å²) >= 11 is 3.34. The van der Waals surface area contributed by atoms with Crippen LogP contribution in [0.25, 0.3) is 11.1 Å². The topological polar surface area (TPSA) is 26.3 Å². The molecule has 0 unspecified atom stereocenters. The summed E-state index contributed by atoms with van der Waals surface area (Å²) in [7, 11) is 1.32. The van der Waals surface area contributed by atoms with E-state index in [1.54, 1.807) is 30.3 Å². The Bertz CT molecular complexity index is 596. The molecule has 0 bridgehead atoms. The molecule has 0 N–H and O–H groups in total. The summed E-state index contributed by atoms with van der Waals surface area (Å²) in [4.78, 5) is 11.7. The van der Waals surface area contributed by atoms with Gasteiger partial charge in [-0.3, -0.25) is 0 Å². The maximum absolute atomic E-state index is 13.2. The Balaban J connectivity index is 2.61. The lowest BCUT2D eigenvalue weighted by molar-refractivity contribution is 0.0601. The van der Waals surface area contributed by atoms with Gasteiger partial charge in [-0.1, -0.05) is 28.1 Å². The first-order valence-electron chi connectivity index (χ1n) is 5.25. The molecule has 18 heavy (non-hydrogen) atoms. The maximum Gasteiger partial charge on any atom is 0.338 e. The van der Waals surface area contributed by atoms with Gasteiger partial charge in [0, 0.05) is 4.47 Å². The molecule has 4 heteroatoms. The van der Waals surface area contributed by atoms with E-state index in [-0.39, 0.29) is 5.82 Å². The van der Waals surface area contributed by atoms with Crippen LogP contribution in [0.2, 0.25) is 0 Å². The zero-order valence-electron chi connectivity index (χ0n) is 9.61. The van der Waals surface area contributed by atoms with Gasteiger partial charge in [-0.15, -0.1) is 0 Å². The van der Waals surface area contributed by atoms with Gasteiger partial charge in [0.15, 0.2) is 0 Å². The summed E-state index contributed by atoms with van der Waals surface area (Å²) in [5.74, 6) is -0.787. The molecular weight excluding hydrogens is 299 g/mol. The molecule has 2 aromatic rings. The fraction of sp³-hybridized carbons (Fsp3) is 0.0714. The summed E-state index contributed by atoms with van der Waals surface area (Å²) in [5.41, 5.74) is 1.68. The van der Waals surface area contributed by atoms with Crippen molar-refractivity contribution >= 4 is 21.9 Å². The Kier molecular flexibility index (Phi) is 3.77. The van der Waals surface area contributed by atoms with Crippen LogP contribution in [0.15, 0.2) is 46.9 Å². The van der Waals surface area contributed by atoms with Crippen molar-refractivity contribution < 1.29 is 13.9 Å². The van der Waals surface area contributed by atoms with Crippen LogP contribution in [0.5, 0.6) is 0 Å². The van der Waals surface area contributed by atoms with Crippen molar-refractivity contribution in [2.75, 3.05) is 7.11 Å². The van der Waals surface area contributed by atoms with Gasteiger partial charge in [-0.25, -0.2) is 9.18 Å². The molecule has 0 amide bonds. The second-order valence-electron chi connectivity index (χ2n) is 3.69. The molecule has 0 radical (unpaired) electrons. The van der Waals surface area contributed by atoms with Gasteiger partial charge >= 0.3 is 5.97 Å². The highest BCUT2D eigenvalue weighted by molar-refractivity contribution is 9.10. The summed E-state index contributed by atoms with van der Waals surface area (Å²) in [6.45, 7) is 0. The molecule has 0 saturated heterocycles. The smallest absolute Gasteiger partial charge is 0.338 e. The quantitative estimate of drug-likeness (QED) is 0.783. The van der Waals surface area contributed by atoms with Crippen molar-refractivity contribution in [3.63, 3.8) is 0 Å². The van der Waals surface area contributed by atoms with Crippen LogP contribution in [0.1, 0.15) is 10.4 Å². The second-order valence-corrected chi connectivity index (χ2v) is 4.61. The van der Waals surface area contributed by atoms with Crippen LogP contribution >= 0.6 is 15.9 Å². The summed E-state index contributed by atoms with van der Waals surface area (Å²) in [5, 5.41) is 0. The van der Waals surface area contributed by atoms with Crippen LogP contribution in [0.3, 0.4) is 0 Å². The fourth-order valence-electron chi connectivity index (χ4n) is 1.70. The lowest BCUT2D eigenvalue weighted by atomic mass is 10.00. The first-order chi connectivity index (χ1) is 8.61. The highest BCUT2D eigenvalue weighted by Gasteiger charge is 2.13. The molecular formula is C14H10BrFO2. The standard InChI is InChI=1S/C14H10BrFO2/c1-18-14(17)12-6-5-10(15)8-13(12)9-3-2-4-11(16)7-9/h2-8H,1H3. The average Bonchev–Trinajstić information content (AvgIpc) is 2.38. The Morgan fingerprint density at radius 3 is 2.67 bits per heavy atom. The molecule has 2 nitrogen and oxygen atoms in total. The number of methoxy groups -OCH3 is 1. The van der Waals surface area contributed by atoms with Crippen molar-refractivity contribution in [2.24, 2.45) is 0 Å². The molecule has 0 heterocycles. The molecule has 2 rings (SSSR count). The molecule has 0 aliphatic rings. The van der Waals surface area contributed by atoms with Crippen LogP contribution in [0.4, 0.5) is 4.39 Å². The number of hydrogen-bond acceptors (Lipinski definition) is 2. The van der Waals surface area contributed by atoms with E-state index in [1.807, 2.05) is 0 Å². The molecule has 0 spiro atoms. The summed E-state index contributed by atoms with van der Waals surface area (Å²) < 4.78 is 18.8. The Morgan fingerprint density at radius 1 is 1.22 bits per heavy atom. The fourth-order valence-corrected chi connectivity index (χ4v) is 2.06. The van der Waals surface area contributed by atoms with Gasteiger partial charge < -0.3 is 4.74 Å². The van der Waals surface area contributed by atoms with E-state index < -0.39 is 5.97 Å². The zero-order chi connectivity index (χ0) is 13.1. The molecule has 0 atom stereocenters. The van der Waals surface area contributed by atoms with E-state index in [0.29, 0.717) is 16.7 Å². The van der Waals surface area contributed by atoms with Gasteiger partial charge in [-0.05, 0) is 41.5 Å². The van der Waals surface area contributed by atoms with Crippen molar-refractivity contribution in [3.8, 4) is 11.1 Å². The van der Waals surface area contributed by atoms with Gasteiger partial charge in [-0.2, -0.15) is 0 Å². The minimum absolute atomic E-state index is 0.344. The molecule has 92 valence electrons. The predicted molar refractivity (Wildman–Crippen MR) is 70.9 cm³/mol. The Hall–Kier alpha value is -1.68. The monoisotopic (exact) mass is 308 g/mol. The molecule has 0 aliphatic heterocycles. The van der Waals surface area contributed by atoms with E-state index in [4.69, 9.17) is 4.74 Å². The summed E-state index contributed by atoms with van der Waals surface area (Å²) in [6, 6.07) is 11.3. The number of ether oxygens (including phenoxy) is 1. The number of halogens is 2. The van der Waals surface area contributed by atoms with Crippen LogP contribution in [-0.4, -0.2) is 13.1 Å². The van der Waals surface area contributed by atoms with E-state index in [9.17, 15) is 9.18 Å². The van der Waals surface area contributed by atoms with E-state index in [1.165, 1.54) is 19.2 Å².